The molecule has 4 heterocycles. The van der Waals surface area contributed by atoms with Gasteiger partial charge < -0.3 is 25.2 Å². The number of carbonyl (C=O) groups excluding carboxylic acids is 2. The molecule has 2 aromatic heterocycles. The molecule has 1 unspecified atom stereocenters. The van der Waals surface area contributed by atoms with Gasteiger partial charge in [-0.25, -0.2) is 14.4 Å². The van der Waals surface area contributed by atoms with Gasteiger partial charge in [0.15, 0.2) is 23.0 Å². The summed E-state index contributed by atoms with van der Waals surface area (Å²) in [5.74, 6) is -1.73. The van der Waals surface area contributed by atoms with Crippen LogP contribution in [-0.4, -0.2) is 82.4 Å². The first kappa shape index (κ1) is 27.6. The van der Waals surface area contributed by atoms with E-state index in [1.165, 1.54) is 31.6 Å². The second-order valence-corrected chi connectivity index (χ2v) is 10.5. The highest BCUT2D eigenvalue weighted by atomic mass is 19.2. The van der Waals surface area contributed by atoms with Crippen molar-refractivity contribution in [1.29, 1.82) is 0 Å². The van der Waals surface area contributed by atoms with Crippen molar-refractivity contribution in [2.24, 2.45) is 5.92 Å². The number of aromatic nitrogens is 3. The second-order valence-electron chi connectivity index (χ2n) is 10.5. The average molecular weight is 576 g/mol. The Morgan fingerprint density at radius 2 is 1.83 bits per heavy atom. The summed E-state index contributed by atoms with van der Waals surface area (Å²) in [7, 11) is 1.28. The highest BCUT2D eigenvalue weighted by Crippen LogP contribution is 2.31. The number of amides is 2. The molecular formula is C30H31F2N7O3. The molecule has 12 heteroatoms. The van der Waals surface area contributed by atoms with Gasteiger partial charge in [-0.15, -0.1) is 0 Å². The Morgan fingerprint density at radius 1 is 1.05 bits per heavy atom. The summed E-state index contributed by atoms with van der Waals surface area (Å²) in [6, 6.07) is 8.23. The Bertz CT molecular complexity index is 1660. The zero-order chi connectivity index (χ0) is 29.4. The lowest BCUT2D eigenvalue weighted by atomic mass is 10.0. The van der Waals surface area contributed by atoms with Crippen LogP contribution in [0, 0.1) is 24.5 Å². The first-order valence-electron chi connectivity index (χ1n) is 13.9. The summed E-state index contributed by atoms with van der Waals surface area (Å²) in [6.07, 6.45) is 5.48. The number of ether oxygens (including phenoxy) is 1. The highest BCUT2D eigenvalue weighted by Gasteiger charge is 2.31. The van der Waals surface area contributed by atoms with Crippen LogP contribution >= 0.6 is 0 Å². The molecule has 1 atom stereocenters. The molecule has 0 bridgehead atoms. The largest absolute Gasteiger partial charge is 0.494 e. The van der Waals surface area contributed by atoms with E-state index in [1.54, 1.807) is 27.6 Å². The minimum absolute atomic E-state index is 0.0371. The summed E-state index contributed by atoms with van der Waals surface area (Å²) in [4.78, 5) is 38.5. The molecule has 42 heavy (non-hydrogen) atoms. The number of imidazole rings is 1. The predicted octanol–water partition coefficient (Wildman–Crippen LogP) is 3.63. The van der Waals surface area contributed by atoms with E-state index in [1.807, 2.05) is 17.9 Å². The normalized spacial score (nSPS) is 17.1. The molecule has 2 aromatic carbocycles. The molecule has 0 spiro atoms. The van der Waals surface area contributed by atoms with Gasteiger partial charge in [0.25, 0.3) is 5.91 Å². The third-order valence-electron chi connectivity index (χ3n) is 7.98. The number of halogens is 2. The van der Waals surface area contributed by atoms with Gasteiger partial charge in [-0.1, -0.05) is 0 Å². The third-order valence-corrected chi connectivity index (χ3v) is 7.98. The molecule has 2 saturated heterocycles. The van der Waals surface area contributed by atoms with Gasteiger partial charge in [0.2, 0.25) is 11.7 Å². The van der Waals surface area contributed by atoms with Gasteiger partial charge in [-0.3, -0.25) is 14.0 Å². The van der Waals surface area contributed by atoms with Gasteiger partial charge in [0.05, 0.1) is 24.9 Å². The van der Waals surface area contributed by atoms with Crippen molar-refractivity contribution in [3.8, 4) is 17.0 Å². The van der Waals surface area contributed by atoms with Gasteiger partial charge in [0.1, 0.15) is 0 Å². The number of rotatable bonds is 6. The van der Waals surface area contributed by atoms with E-state index in [2.05, 4.69) is 20.6 Å². The Hall–Kier alpha value is -4.58. The minimum Gasteiger partial charge on any atom is -0.494 e. The molecule has 0 aliphatic carbocycles. The number of hydrogen-bond donors (Lipinski definition) is 2. The fraction of sp³-hybridized carbons (Fsp3) is 0.333. The van der Waals surface area contributed by atoms with Gasteiger partial charge in [0, 0.05) is 61.9 Å². The van der Waals surface area contributed by atoms with E-state index in [4.69, 9.17) is 4.74 Å². The smallest absolute Gasteiger partial charge is 0.254 e. The van der Waals surface area contributed by atoms with E-state index >= 15 is 0 Å². The fourth-order valence-electron chi connectivity index (χ4n) is 5.64. The van der Waals surface area contributed by atoms with Crippen molar-refractivity contribution in [2.45, 2.75) is 13.3 Å². The molecule has 10 nitrogen and oxygen atoms in total. The van der Waals surface area contributed by atoms with E-state index in [0.717, 1.165) is 25.1 Å². The third kappa shape index (κ3) is 5.02. The van der Waals surface area contributed by atoms with Crippen LogP contribution in [0.25, 0.3) is 16.9 Å². The number of hydrogen-bond acceptors (Lipinski definition) is 7. The number of benzene rings is 2. The Morgan fingerprint density at radius 3 is 2.55 bits per heavy atom. The Balaban J connectivity index is 1.16. The number of nitrogens with one attached hydrogen (secondary N) is 2. The second kappa shape index (κ2) is 11.4. The molecule has 6 rings (SSSR count). The minimum atomic E-state index is -1.07. The van der Waals surface area contributed by atoms with Crippen LogP contribution in [0.4, 0.5) is 20.3 Å². The van der Waals surface area contributed by atoms with E-state index in [9.17, 15) is 18.4 Å². The fourth-order valence-corrected chi connectivity index (χ4v) is 5.64. The molecular weight excluding hydrogens is 544 g/mol. The van der Waals surface area contributed by atoms with Crippen molar-refractivity contribution < 1.29 is 23.1 Å². The molecule has 2 N–H and O–H groups in total. The number of carbonyl (C=O) groups is 2. The van der Waals surface area contributed by atoms with Crippen molar-refractivity contribution in [2.75, 3.05) is 51.7 Å². The SMILES string of the molecule is COc1ccc(-c2cnc3c(Nc4ccc(C(=O)N5CCN(C(=O)C6CCNC6)CC5)c(C)c4)nccn23)c(F)c1F. The molecule has 218 valence electrons. The highest BCUT2D eigenvalue weighted by molar-refractivity contribution is 5.96. The lowest BCUT2D eigenvalue weighted by Crippen LogP contribution is -2.52. The number of piperazine rings is 1. The van der Waals surface area contributed by atoms with E-state index in [-0.39, 0.29) is 29.0 Å². The number of fused-ring (bicyclic) bond motifs is 1. The standard InChI is InChI=1S/C30H31F2N7O3/c1-18-15-20(3-4-21(18)30(41)38-13-11-37(12-14-38)29(40)19-7-8-33-16-19)36-27-28-35-17-23(39(28)10-9-34-27)22-5-6-24(42-2)26(32)25(22)31/h3-6,9-10,15,17,19,33H,7-8,11-14,16H2,1-2H3,(H,34,36). The average Bonchev–Trinajstić information content (AvgIpc) is 3.70. The topological polar surface area (TPSA) is 104 Å². The van der Waals surface area contributed by atoms with Crippen molar-refractivity contribution in [3.63, 3.8) is 0 Å². The predicted molar refractivity (Wildman–Crippen MR) is 153 cm³/mol. The number of aryl methyl sites for hydroxylation is 1. The molecule has 4 aromatic rings. The molecule has 2 amide bonds. The number of nitrogens with zero attached hydrogens (tertiary/aromatic N) is 5. The van der Waals surface area contributed by atoms with Crippen LogP contribution in [0.5, 0.6) is 5.75 Å². The van der Waals surface area contributed by atoms with Crippen molar-refractivity contribution >= 4 is 29.0 Å². The first-order valence-corrected chi connectivity index (χ1v) is 13.9. The van der Waals surface area contributed by atoms with Crippen molar-refractivity contribution in [3.05, 3.63) is 71.7 Å². The zero-order valence-electron chi connectivity index (χ0n) is 23.4. The van der Waals surface area contributed by atoms with Crippen molar-refractivity contribution in [1.82, 2.24) is 29.5 Å². The van der Waals surface area contributed by atoms with E-state index < -0.39 is 11.6 Å². The monoisotopic (exact) mass is 575 g/mol. The maximum atomic E-state index is 14.8. The maximum absolute atomic E-state index is 14.8. The summed E-state index contributed by atoms with van der Waals surface area (Å²) in [5.41, 5.74) is 2.88. The molecule has 2 aliphatic rings. The van der Waals surface area contributed by atoms with Gasteiger partial charge in [-0.2, -0.15) is 4.39 Å². The summed E-state index contributed by atoms with van der Waals surface area (Å²) >= 11 is 0. The van der Waals surface area contributed by atoms with Crippen LogP contribution in [0.2, 0.25) is 0 Å². The maximum Gasteiger partial charge on any atom is 0.254 e. The lowest BCUT2D eigenvalue weighted by Gasteiger charge is -2.36. The van der Waals surface area contributed by atoms with Crippen LogP contribution in [-0.2, 0) is 4.79 Å². The quantitative estimate of drug-likeness (QED) is 0.362. The number of anilines is 2. The van der Waals surface area contributed by atoms with Crippen LogP contribution in [0.15, 0.2) is 48.9 Å². The zero-order valence-corrected chi connectivity index (χ0v) is 23.4. The lowest BCUT2D eigenvalue weighted by molar-refractivity contribution is -0.136. The van der Waals surface area contributed by atoms with Gasteiger partial charge in [-0.05, 0) is 55.8 Å². The summed E-state index contributed by atoms with van der Waals surface area (Å²) < 4.78 is 35.7. The molecule has 2 fully saturated rings. The Labute approximate surface area is 241 Å². The number of methoxy groups -OCH3 is 1. The summed E-state index contributed by atoms with van der Waals surface area (Å²) in [5, 5.41) is 6.47. The van der Waals surface area contributed by atoms with Crippen LogP contribution in [0.3, 0.4) is 0 Å². The van der Waals surface area contributed by atoms with E-state index in [0.29, 0.717) is 54.6 Å². The van der Waals surface area contributed by atoms with Crippen LogP contribution in [0.1, 0.15) is 22.3 Å². The molecule has 2 aliphatic heterocycles. The molecule has 0 saturated carbocycles. The first-order chi connectivity index (χ1) is 20.4. The van der Waals surface area contributed by atoms with Crippen LogP contribution < -0.4 is 15.4 Å². The molecule has 0 radical (unpaired) electrons. The Kier molecular flexibility index (Phi) is 7.46. The van der Waals surface area contributed by atoms with Gasteiger partial charge >= 0.3 is 0 Å². The summed E-state index contributed by atoms with van der Waals surface area (Å²) in [6.45, 7) is 5.54.